The van der Waals surface area contributed by atoms with Crippen molar-refractivity contribution in [3.05, 3.63) is 40.2 Å². The van der Waals surface area contributed by atoms with Gasteiger partial charge in [-0.1, -0.05) is 11.6 Å². The van der Waals surface area contributed by atoms with Crippen LogP contribution in [-0.2, 0) is 4.74 Å². The molecule has 0 bridgehead atoms. The van der Waals surface area contributed by atoms with Gasteiger partial charge in [-0.05, 0) is 67.1 Å². The maximum atomic E-state index is 13.0. The van der Waals surface area contributed by atoms with Crippen LogP contribution >= 0.6 is 27.5 Å². The molecule has 1 fully saturated rings. The summed E-state index contributed by atoms with van der Waals surface area (Å²) in [5, 5.41) is 8.59. The number of piperidine rings is 1. The number of aromatic nitrogens is 4. The summed E-state index contributed by atoms with van der Waals surface area (Å²) < 4.78 is 6.35. The van der Waals surface area contributed by atoms with Gasteiger partial charge in [-0.25, -0.2) is 14.8 Å². The van der Waals surface area contributed by atoms with Crippen LogP contribution in [0.1, 0.15) is 12.8 Å². The third-order valence-corrected chi connectivity index (χ3v) is 6.31. The fraction of sp³-hybridized carbons (Fsp3) is 0.429. The summed E-state index contributed by atoms with van der Waals surface area (Å²) in [4.78, 5) is 27.7. The molecule has 1 saturated heterocycles. The SMILES string of the molecule is CN(C)CCOC(=O)N(c1ccc(Cl)cc1)C1CCN(c2ncnc3n[nH]c(Br)c23)CC1. The molecule has 1 N–H and O–H groups in total. The average Bonchev–Trinajstić information content (AvgIpc) is 3.17. The number of carbonyl (C=O) groups is 1. The highest BCUT2D eigenvalue weighted by Crippen LogP contribution is 2.32. The van der Waals surface area contributed by atoms with Crippen LogP contribution in [0, 0.1) is 0 Å². The molecule has 0 saturated carbocycles. The van der Waals surface area contributed by atoms with E-state index in [1.54, 1.807) is 17.0 Å². The minimum absolute atomic E-state index is 0.00407. The van der Waals surface area contributed by atoms with Crippen molar-refractivity contribution in [3.8, 4) is 0 Å². The molecule has 1 aliphatic heterocycles. The second-order valence-corrected chi connectivity index (χ2v) is 9.15. The molecule has 0 aliphatic carbocycles. The van der Waals surface area contributed by atoms with Crippen LogP contribution in [0.4, 0.5) is 16.3 Å². The van der Waals surface area contributed by atoms with Crippen molar-refractivity contribution in [2.24, 2.45) is 0 Å². The van der Waals surface area contributed by atoms with E-state index in [1.165, 1.54) is 6.33 Å². The molecule has 32 heavy (non-hydrogen) atoms. The lowest BCUT2D eigenvalue weighted by Crippen LogP contribution is -2.48. The minimum Gasteiger partial charge on any atom is -0.448 e. The Labute approximate surface area is 199 Å². The smallest absolute Gasteiger partial charge is 0.414 e. The van der Waals surface area contributed by atoms with Crippen LogP contribution in [0.5, 0.6) is 0 Å². The lowest BCUT2D eigenvalue weighted by molar-refractivity contribution is 0.140. The number of rotatable bonds is 6. The normalized spacial score (nSPS) is 14.8. The molecule has 0 spiro atoms. The number of carbonyl (C=O) groups excluding carboxylic acids is 1. The zero-order valence-corrected chi connectivity index (χ0v) is 20.3. The summed E-state index contributed by atoms with van der Waals surface area (Å²) >= 11 is 9.57. The average molecular weight is 523 g/mol. The number of hydrogen-bond donors (Lipinski definition) is 1. The number of amides is 1. The molecule has 1 amide bonds. The van der Waals surface area contributed by atoms with Gasteiger partial charge in [0.2, 0.25) is 0 Å². The van der Waals surface area contributed by atoms with Crippen molar-refractivity contribution >= 4 is 56.2 Å². The zero-order valence-electron chi connectivity index (χ0n) is 18.0. The number of anilines is 2. The fourth-order valence-corrected chi connectivity index (χ4v) is 4.40. The number of hydrogen-bond acceptors (Lipinski definition) is 7. The van der Waals surface area contributed by atoms with E-state index < -0.39 is 0 Å². The van der Waals surface area contributed by atoms with E-state index in [4.69, 9.17) is 16.3 Å². The molecule has 0 radical (unpaired) electrons. The van der Waals surface area contributed by atoms with E-state index in [-0.39, 0.29) is 12.1 Å². The molecule has 0 unspecified atom stereocenters. The number of nitrogens with one attached hydrogen (secondary N) is 1. The standard InChI is InChI=1S/C21H25BrClN7O2/c1-28(2)11-12-32-21(31)30(15-5-3-14(23)4-6-15)16-7-9-29(10-8-16)20-17-18(22)26-27-19(17)24-13-25-20/h3-6,13,16H,7-12H2,1-2H3,(H,24,25,26,27). The highest BCUT2D eigenvalue weighted by Gasteiger charge is 2.31. The lowest BCUT2D eigenvalue weighted by atomic mass is 10.0. The fourth-order valence-electron chi connectivity index (χ4n) is 3.83. The second kappa shape index (κ2) is 10.0. The van der Waals surface area contributed by atoms with Gasteiger partial charge in [0.1, 0.15) is 23.4 Å². The van der Waals surface area contributed by atoms with Gasteiger partial charge < -0.3 is 14.5 Å². The molecule has 170 valence electrons. The molecule has 1 aliphatic rings. The van der Waals surface area contributed by atoms with Crippen LogP contribution in [0.3, 0.4) is 0 Å². The first-order chi connectivity index (χ1) is 15.4. The molecular formula is C21H25BrClN7O2. The van der Waals surface area contributed by atoms with E-state index >= 15 is 0 Å². The molecule has 11 heteroatoms. The molecule has 4 rings (SSSR count). The quantitative estimate of drug-likeness (QED) is 0.524. The molecule has 1 aromatic carbocycles. The van der Waals surface area contributed by atoms with E-state index in [0.29, 0.717) is 23.8 Å². The number of H-pyrrole nitrogens is 1. The first-order valence-corrected chi connectivity index (χ1v) is 11.6. The monoisotopic (exact) mass is 521 g/mol. The lowest BCUT2D eigenvalue weighted by Gasteiger charge is -2.38. The first-order valence-electron chi connectivity index (χ1n) is 10.4. The van der Waals surface area contributed by atoms with E-state index in [1.807, 2.05) is 31.1 Å². The predicted octanol–water partition coefficient (Wildman–Crippen LogP) is 3.94. The van der Waals surface area contributed by atoms with Crippen molar-refractivity contribution in [2.45, 2.75) is 18.9 Å². The van der Waals surface area contributed by atoms with Gasteiger partial charge in [-0.15, -0.1) is 0 Å². The number of fused-ring (bicyclic) bond motifs is 1. The van der Waals surface area contributed by atoms with Gasteiger partial charge >= 0.3 is 6.09 Å². The number of likely N-dealkylation sites (N-methyl/N-ethyl adjacent to an activating group) is 1. The molecule has 2 aromatic heterocycles. The second-order valence-electron chi connectivity index (χ2n) is 7.92. The van der Waals surface area contributed by atoms with Crippen LogP contribution in [0.25, 0.3) is 11.0 Å². The van der Waals surface area contributed by atoms with Gasteiger partial charge in [-0.3, -0.25) is 10.00 Å². The van der Waals surface area contributed by atoms with Crippen molar-refractivity contribution in [1.82, 2.24) is 25.1 Å². The predicted molar refractivity (Wildman–Crippen MR) is 128 cm³/mol. The number of benzene rings is 1. The number of ether oxygens (including phenoxy) is 1. The zero-order chi connectivity index (χ0) is 22.7. The van der Waals surface area contributed by atoms with E-state index in [9.17, 15) is 4.79 Å². The topological polar surface area (TPSA) is 90.5 Å². The summed E-state index contributed by atoms with van der Waals surface area (Å²) in [6, 6.07) is 7.31. The summed E-state index contributed by atoms with van der Waals surface area (Å²) in [7, 11) is 3.89. The molecule has 3 aromatic rings. The largest absolute Gasteiger partial charge is 0.448 e. The minimum atomic E-state index is -0.338. The molecule has 0 atom stereocenters. The number of halogens is 2. The van der Waals surface area contributed by atoms with E-state index in [0.717, 1.165) is 47.4 Å². The highest BCUT2D eigenvalue weighted by atomic mass is 79.9. The van der Waals surface area contributed by atoms with Gasteiger partial charge in [0.15, 0.2) is 5.65 Å². The third kappa shape index (κ3) is 4.97. The number of aromatic amines is 1. The Morgan fingerprint density at radius 3 is 2.66 bits per heavy atom. The van der Waals surface area contributed by atoms with Crippen LogP contribution in [-0.4, -0.2) is 77.5 Å². The molecule has 9 nitrogen and oxygen atoms in total. The van der Waals surface area contributed by atoms with E-state index in [2.05, 4.69) is 41.0 Å². The van der Waals surface area contributed by atoms with Crippen LogP contribution in [0.15, 0.2) is 35.2 Å². The third-order valence-electron chi connectivity index (χ3n) is 5.48. The highest BCUT2D eigenvalue weighted by molar-refractivity contribution is 9.10. The van der Waals surface area contributed by atoms with Crippen molar-refractivity contribution in [2.75, 3.05) is 50.1 Å². The Kier molecular flexibility index (Phi) is 7.12. The maximum Gasteiger partial charge on any atom is 0.414 e. The van der Waals surface area contributed by atoms with Gasteiger partial charge in [0.05, 0.1) is 5.39 Å². The van der Waals surface area contributed by atoms with Crippen molar-refractivity contribution in [1.29, 1.82) is 0 Å². The summed E-state index contributed by atoms with van der Waals surface area (Å²) in [5.74, 6) is 0.834. The Morgan fingerprint density at radius 1 is 1.25 bits per heavy atom. The molecular weight excluding hydrogens is 498 g/mol. The van der Waals surface area contributed by atoms with Gasteiger partial charge in [-0.2, -0.15) is 5.10 Å². The Bertz CT molecular complexity index is 1070. The van der Waals surface area contributed by atoms with Gasteiger partial charge in [0.25, 0.3) is 0 Å². The summed E-state index contributed by atoms with van der Waals surface area (Å²) in [6.07, 6.45) is 2.73. The van der Waals surface area contributed by atoms with Crippen LogP contribution in [0.2, 0.25) is 5.02 Å². The first kappa shape index (κ1) is 22.8. The van der Waals surface area contributed by atoms with Gasteiger partial charge in [0, 0.05) is 36.4 Å². The van der Waals surface area contributed by atoms with Crippen molar-refractivity contribution < 1.29 is 9.53 Å². The summed E-state index contributed by atoms with van der Waals surface area (Å²) in [6.45, 7) is 2.48. The summed E-state index contributed by atoms with van der Waals surface area (Å²) in [5.41, 5.74) is 1.40. The Morgan fingerprint density at radius 2 is 1.97 bits per heavy atom. The van der Waals surface area contributed by atoms with Crippen LogP contribution < -0.4 is 9.80 Å². The Balaban J connectivity index is 1.51. The molecule has 3 heterocycles. The maximum absolute atomic E-state index is 13.0. The number of nitrogens with zero attached hydrogens (tertiary/aromatic N) is 6. The Hall–Kier alpha value is -2.43. The van der Waals surface area contributed by atoms with Crippen molar-refractivity contribution in [3.63, 3.8) is 0 Å².